The van der Waals surface area contributed by atoms with Gasteiger partial charge in [-0.15, -0.1) is 0 Å². The monoisotopic (exact) mass is 333 g/mol. The molecule has 1 aliphatic rings. The van der Waals surface area contributed by atoms with E-state index in [9.17, 15) is 9.59 Å². The third-order valence-corrected chi connectivity index (χ3v) is 4.52. The summed E-state index contributed by atoms with van der Waals surface area (Å²) in [4.78, 5) is 39.6. The van der Waals surface area contributed by atoms with Crippen LogP contribution in [0.4, 0.5) is 5.95 Å². The Labute approximate surface area is 143 Å². The standard InChI is InChI=1S/C17H27N5O2/c1-5-20(6-2)14(23)17(3,4)15(24)21-10-12-22(13-11-21)16-18-8-7-9-19-16/h7-9H,5-6,10-13H2,1-4H3. The van der Waals surface area contributed by atoms with Crippen LogP contribution in [0, 0.1) is 5.41 Å². The molecule has 1 aromatic rings. The van der Waals surface area contributed by atoms with Gasteiger partial charge >= 0.3 is 0 Å². The number of carbonyl (C=O) groups excluding carboxylic acids is 2. The molecule has 0 atom stereocenters. The number of hydrogen-bond acceptors (Lipinski definition) is 5. The van der Waals surface area contributed by atoms with Crippen molar-refractivity contribution in [2.24, 2.45) is 5.41 Å². The number of nitrogens with zero attached hydrogens (tertiary/aromatic N) is 5. The number of anilines is 1. The van der Waals surface area contributed by atoms with Crippen LogP contribution >= 0.6 is 0 Å². The van der Waals surface area contributed by atoms with Gasteiger partial charge in [-0.3, -0.25) is 9.59 Å². The van der Waals surface area contributed by atoms with Crippen LogP contribution in [-0.2, 0) is 9.59 Å². The van der Waals surface area contributed by atoms with Gasteiger partial charge in [-0.2, -0.15) is 0 Å². The molecule has 2 amide bonds. The summed E-state index contributed by atoms with van der Waals surface area (Å²) in [7, 11) is 0. The van der Waals surface area contributed by atoms with E-state index in [4.69, 9.17) is 0 Å². The van der Waals surface area contributed by atoms with E-state index in [2.05, 4.69) is 14.9 Å². The third-order valence-electron chi connectivity index (χ3n) is 4.52. The van der Waals surface area contributed by atoms with Gasteiger partial charge in [-0.05, 0) is 33.8 Å². The van der Waals surface area contributed by atoms with Crippen LogP contribution in [0.1, 0.15) is 27.7 Å². The van der Waals surface area contributed by atoms with Gasteiger partial charge in [0.1, 0.15) is 5.41 Å². The maximum atomic E-state index is 12.9. The summed E-state index contributed by atoms with van der Waals surface area (Å²) >= 11 is 0. The second-order valence-corrected chi connectivity index (χ2v) is 6.43. The van der Waals surface area contributed by atoms with Crippen LogP contribution < -0.4 is 4.90 Å². The number of amides is 2. The summed E-state index contributed by atoms with van der Waals surface area (Å²) in [5.74, 6) is 0.474. The van der Waals surface area contributed by atoms with Crippen molar-refractivity contribution in [2.75, 3.05) is 44.2 Å². The fourth-order valence-corrected chi connectivity index (χ4v) is 2.96. The minimum absolute atomic E-state index is 0.104. The first kappa shape index (κ1) is 18.2. The second kappa shape index (κ2) is 7.59. The predicted molar refractivity (Wildman–Crippen MR) is 92.5 cm³/mol. The molecule has 0 aliphatic carbocycles. The molecule has 24 heavy (non-hydrogen) atoms. The van der Waals surface area contributed by atoms with Gasteiger partial charge in [0.2, 0.25) is 17.8 Å². The van der Waals surface area contributed by atoms with Crippen molar-refractivity contribution in [3.8, 4) is 0 Å². The lowest BCUT2D eigenvalue weighted by Gasteiger charge is -2.39. The average molecular weight is 333 g/mol. The highest BCUT2D eigenvalue weighted by Gasteiger charge is 2.41. The lowest BCUT2D eigenvalue weighted by molar-refractivity contribution is -0.154. The lowest BCUT2D eigenvalue weighted by atomic mass is 9.89. The average Bonchev–Trinajstić information content (AvgIpc) is 2.63. The molecule has 1 saturated heterocycles. The SMILES string of the molecule is CCN(CC)C(=O)C(C)(C)C(=O)N1CCN(c2ncccn2)CC1. The zero-order valence-corrected chi connectivity index (χ0v) is 15.0. The summed E-state index contributed by atoms with van der Waals surface area (Å²) in [6.07, 6.45) is 3.43. The molecule has 0 aromatic carbocycles. The summed E-state index contributed by atoms with van der Waals surface area (Å²) in [6, 6.07) is 1.78. The smallest absolute Gasteiger partial charge is 0.237 e. The number of hydrogen-bond donors (Lipinski definition) is 0. The third kappa shape index (κ3) is 3.66. The van der Waals surface area contributed by atoms with E-state index in [1.54, 1.807) is 42.1 Å². The second-order valence-electron chi connectivity index (χ2n) is 6.43. The van der Waals surface area contributed by atoms with Crippen LogP contribution in [0.2, 0.25) is 0 Å². The molecule has 7 nitrogen and oxygen atoms in total. The Bertz CT molecular complexity index is 564. The summed E-state index contributed by atoms with van der Waals surface area (Å²) < 4.78 is 0. The molecule has 132 valence electrons. The van der Waals surface area contributed by atoms with Crippen molar-refractivity contribution in [1.82, 2.24) is 19.8 Å². The van der Waals surface area contributed by atoms with Crippen molar-refractivity contribution < 1.29 is 9.59 Å². The molecule has 0 spiro atoms. The minimum atomic E-state index is -1.03. The molecular weight excluding hydrogens is 306 g/mol. The molecule has 1 fully saturated rings. The van der Waals surface area contributed by atoms with E-state index in [-0.39, 0.29) is 11.8 Å². The molecule has 2 heterocycles. The number of aromatic nitrogens is 2. The van der Waals surface area contributed by atoms with Crippen molar-refractivity contribution in [2.45, 2.75) is 27.7 Å². The van der Waals surface area contributed by atoms with Gasteiger partial charge < -0.3 is 14.7 Å². The summed E-state index contributed by atoms with van der Waals surface area (Å²) in [6.45, 7) is 11.0. The Hall–Kier alpha value is -2.18. The molecule has 1 aliphatic heterocycles. The molecule has 2 rings (SSSR count). The molecule has 0 saturated carbocycles. The first-order chi connectivity index (χ1) is 11.4. The molecule has 1 aromatic heterocycles. The van der Waals surface area contributed by atoms with Crippen LogP contribution in [0.5, 0.6) is 0 Å². The highest BCUT2D eigenvalue weighted by atomic mass is 16.2. The minimum Gasteiger partial charge on any atom is -0.342 e. The normalized spacial score (nSPS) is 15.3. The van der Waals surface area contributed by atoms with Gasteiger partial charge in [0.15, 0.2) is 0 Å². The molecule has 7 heteroatoms. The Balaban J connectivity index is 2.00. The van der Waals surface area contributed by atoms with Gasteiger partial charge in [0.05, 0.1) is 0 Å². The Kier molecular flexibility index (Phi) is 5.75. The van der Waals surface area contributed by atoms with E-state index < -0.39 is 5.41 Å². The van der Waals surface area contributed by atoms with Crippen LogP contribution in [0.25, 0.3) is 0 Å². The van der Waals surface area contributed by atoms with Gasteiger partial charge in [0, 0.05) is 51.7 Å². The molecule has 0 radical (unpaired) electrons. The zero-order valence-electron chi connectivity index (χ0n) is 15.0. The van der Waals surface area contributed by atoms with E-state index in [1.807, 2.05) is 13.8 Å². The van der Waals surface area contributed by atoms with E-state index in [1.165, 1.54) is 0 Å². The van der Waals surface area contributed by atoms with E-state index >= 15 is 0 Å². The highest BCUT2D eigenvalue weighted by Crippen LogP contribution is 2.24. The molecule has 0 N–H and O–H groups in total. The lowest BCUT2D eigenvalue weighted by Crippen LogP contribution is -2.56. The van der Waals surface area contributed by atoms with Crippen molar-refractivity contribution >= 4 is 17.8 Å². The number of rotatable bonds is 5. The van der Waals surface area contributed by atoms with Gasteiger partial charge in [-0.25, -0.2) is 9.97 Å². The Morgan fingerprint density at radius 2 is 1.62 bits per heavy atom. The van der Waals surface area contributed by atoms with Crippen molar-refractivity contribution in [1.29, 1.82) is 0 Å². The predicted octanol–water partition coefficient (Wildman–Crippen LogP) is 1.02. The van der Waals surface area contributed by atoms with Crippen LogP contribution in [-0.4, -0.2) is 70.9 Å². The van der Waals surface area contributed by atoms with Gasteiger partial charge in [0.25, 0.3) is 0 Å². The van der Waals surface area contributed by atoms with Crippen molar-refractivity contribution in [3.63, 3.8) is 0 Å². The van der Waals surface area contributed by atoms with Gasteiger partial charge in [-0.1, -0.05) is 0 Å². The zero-order chi connectivity index (χ0) is 17.7. The van der Waals surface area contributed by atoms with Crippen LogP contribution in [0.3, 0.4) is 0 Å². The molecule has 0 unspecified atom stereocenters. The van der Waals surface area contributed by atoms with Crippen LogP contribution in [0.15, 0.2) is 18.5 Å². The Morgan fingerprint density at radius 1 is 1.08 bits per heavy atom. The fraction of sp³-hybridized carbons (Fsp3) is 0.647. The largest absolute Gasteiger partial charge is 0.342 e. The van der Waals surface area contributed by atoms with Crippen molar-refractivity contribution in [3.05, 3.63) is 18.5 Å². The number of piperazine rings is 1. The maximum absolute atomic E-state index is 12.9. The number of carbonyl (C=O) groups is 2. The molecule has 0 bridgehead atoms. The molecular formula is C17H27N5O2. The summed E-state index contributed by atoms with van der Waals surface area (Å²) in [5, 5.41) is 0. The maximum Gasteiger partial charge on any atom is 0.237 e. The van der Waals surface area contributed by atoms with E-state index in [0.717, 1.165) is 0 Å². The first-order valence-electron chi connectivity index (χ1n) is 8.52. The Morgan fingerprint density at radius 3 is 2.12 bits per heavy atom. The topological polar surface area (TPSA) is 69.6 Å². The summed E-state index contributed by atoms with van der Waals surface area (Å²) in [5.41, 5.74) is -1.03. The quantitative estimate of drug-likeness (QED) is 0.753. The van der Waals surface area contributed by atoms with E-state index in [0.29, 0.717) is 45.2 Å². The fourth-order valence-electron chi connectivity index (χ4n) is 2.96. The first-order valence-corrected chi connectivity index (χ1v) is 8.52. The highest BCUT2D eigenvalue weighted by molar-refractivity contribution is 6.04.